The van der Waals surface area contributed by atoms with E-state index in [-0.39, 0.29) is 6.61 Å². The third-order valence-electron chi connectivity index (χ3n) is 6.34. The Hall–Kier alpha value is -3.03. The Morgan fingerprint density at radius 2 is 0.900 bits per heavy atom. The second kappa shape index (κ2) is 15.1. The lowest BCUT2D eigenvalue weighted by atomic mass is 9.99. The third-order valence-corrected chi connectivity index (χ3v) is 6.69. The molecule has 208 valence electrons. The van der Waals surface area contributed by atoms with Crippen LogP contribution in [0.1, 0.15) is 27.7 Å². The van der Waals surface area contributed by atoms with Crippen molar-refractivity contribution in [1.29, 1.82) is 0 Å². The fraction of sp³-hybridized carbons (Fsp3) is 0.294. The van der Waals surface area contributed by atoms with Crippen molar-refractivity contribution >= 4 is 11.6 Å². The van der Waals surface area contributed by atoms with E-state index in [1.807, 2.05) is 72.8 Å². The maximum Gasteiger partial charge on any atom is 0.160 e. The Kier molecular flexibility index (Phi) is 8.93. The van der Waals surface area contributed by atoms with Crippen LogP contribution < -0.4 is 0 Å². The molecule has 5 unspecified atom stereocenters. The smallest absolute Gasteiger partial charge is 0.160 e. The second-order valence-corrected chi connectivity index (χ2v) is 9.71. The molecule has 0 amide bonds. The number of hydrogen-bond donors (Lipinski definition) is 0. The zero-order chi connectivity index (χ0) is 30.9. The molecular formula is C34H35ClO5. The molecular weight excluding hydrogens is 524 g/mol. The summed E-state index contributed by atoms with van der Waals surface area (Å²) in [5.74, 6) is 0. The summed E-state index contributed by atoms with van der Waals surface area (Å²) in [4.78, 5) is 0. The van der Waals surface area contributed by atoms with Crippen LogP contribution >= 0.6 is 11.6 Å². The number of rotatable bonds is 13. The van der Waals surface area contributed by atoms with Gasteiger partial charge in [0, 0.05) is 0 Å². The second-order valence-electron chi connectivity index (χ2n) is 9.28. The minimum Gasteiger partial charge on any atom is -0.374 e. The minimum atomic E-state index is -1.16. The molecule has 0 bridgehead atoms. The Morgan fingerprint density at radius 1 is 0.525 bits per heavy atom. The van der Waals surface area contributed by atoms with E-state index in [1.54, 1.807) is 48.5 Å². The van der Waals surface area contributed by atoms with Crippen molar-refractivity contribution in [3.8, 4) is 0 Å². The predicted octanol–water partition coefficient (Wildman–Crippen LogP) is 6.92. The molecule has 6 heteroatoms. The van der Waals surface area contributed by atoms with Gasteiger partial charge < -0.3 is 23.7 Å². The summed E-state index contributed by atoms with van der Waals surface area (Å²) in [6.45, 7) is -4.55. The van der Waals surface area contributed by atoms with E-state index in [1.165, 1.54) is 0 Å². The summed E-state index contributed by atoms with van der Waals surface area (Å²) < 4.78 is 66.0. The van der Waals surface area contributed by atoms with Crippen LogP contribution in [0.4, 0.5) is 0 Å². The van der Waals surface area contributed by atoms with Crippen LogP contribution in [0, 0.1) is 0 Å². The van der Waals surface area contributed by atoms with Gasteiger partial charge in [-0.15, -0.1) is 0 Å². The van der Waals surface area contributed by atoms with Crippen LogP contribution in [-0.2, 0) is 50.0 Å². The molecule has 1 aliphatic rings. The molecule has 4 aromatic carbocycles. The van der Waals surface area contributed by atoms with Crippen molar-refractivity contribution in [1.82, 2.24) is 0 Å². The number of benzene rings is 4. The monoisotopic (exact) mass is 562 g/mol. The molecule has 0 aliphatic carbocycles. The normalized spacial score (nSPS) is 27.3. The van der Waals surface area contributed by atoms with Gasteiger partial charge in [-0.2, -0.15) is 0 Å². The first-order chi connectivity index (χ1) is 21.4. The third kappa shape index (κ3) is 8.24. The van der Waals surface area contributed by atoms with E-state index in [2.05, 4.69) is 0 Å². The van der Waals surface area contributed by atoms with Crippen LogP contribution in [0.15, 0.2) is 121 Å². The molecule has 0 saturated carbocycles. The molecule has 9 atom stereocenters. The Labute approximate surface area is 247 Å². The first-order valence-corrected chi connectivity index (χ1v) is 13.6. The molecule has 40 heavy (non-hydrogen) atoms. The summed E-state index contributed by atoms with van der Waals surface area (Å²) in [6.07, 6.45) is -4.00. The lowest BCUT2D eigenvalue weighted by Crippen LogP contribution is -2.59. The molecule has 1 saturated heterocycles. The van der Waals surface area contributed by atoms with E-state index in [0.29, 0.717) is 22.3 Å². The SMILES string of the molecule is [2H]C(OC[C@H]1OC(Cl)[C@H](OC([2H])c2ccccc2)[C@@H](OC([2H])c2ccccc2)[C@@H]1OC([2H])c1ccccc1)c1ccccc1. The van der Waals surface area contributed by atoms with E-state index in [4.69, 9.17) is 40.8 Å². The molecule has 1 fully saturated rings. The van der Waals surface area contributed by atoms with Gasteiger partial charge in [-0.1, -0.05) is 133 Å². The Balaban J connectivity index is 1.46. The van der Waals surface area contributed by atoms with Gasteiger partial charge in [0.1, 0.15) is 24.4 Å². The zero-order valence-corrected chi connectivity index (χ0v) is 22.6. The highest BCUT2D eigenvalue weighted by atomic mass is 35.5. The summed E-state index contributed by atoms with van der Waals surface area (Å²) in [5, 5.41) is 0. The molecule has 5 nitrogen and oxygen atoms in total. The average molecular weight is 563 g/mol. The summed E-state index contributed by atoms with van der Waals surface area (Å²) >= 11 is 6.81. The van der Waals surface area contributed by atoms with E-state index in [0.717, 1.165) is 0 Å². The van der Waals surface area contributed by atoms with E-state index in [9.17, 15) is 0 Å². The molecule has 0 radical (unpaired) electrons. The van der Waals surface area contributed by atoms with Crippen LogP contribution in [0.3, 0.4) is 0 Å². The van der Waals surface area contributed by atoms with Gasteiger partial charge in [-0.05, 0) is 22.3 Å². The van der Waals surface area contributed by atoms with Crippen molar-refractivity contribution in [2.45, 2.75) is 56.3 Å². The van der Waals surface area contributed by atoms with Gasteiger partial charge >= 0.3 is 0 Å². The first kappa shape index (κ1) is 23.7. The topological polar surface area (TPSA) is 46.2 Å². The standard InChI is InChI=1S/C34H35ClO5/c35-34-33(39-24-29-19-11-4-12-20-29)32(38-23-28-17-9-3-10-18-28)31(37-22-27-15-7-2-8-16-27)30(40-34)25-36-21-26-13-5-1-6-14-26/h1-20,30-34H,21-25H2/t30-,31-,32+,33-,34?/m1/s1/i21D,22D,23D,24D/t21?,22?,23?,24?,30-,31-,32+,33-,34?. The van der Waals surface area contributed by atoms with Crippen LogP contribution in [0.25, 0.3) is 0 Å². The molecule has 4 aromatic rings. The number of halogens is 1. The Bertz CT molecular complexity index is 1390. The van der Waals surface area contributed by atoms with Gasteiger partial charge in [0.15, 0.2) is 5.56 Å². The lowest BCUT2D eigenvalue weighted by molar-refractivity contribution is -0.256. The lowest BCUT2D eigenvalue weighted by Gasteiger charge is -2.44. The van der Waals surface area contributed by atoms with E-state index < -0.39 is 56.3 Å². The van der Waals surface area contributed by atoms with Crippen molar-refractivity contribution in [2.24, 2.45) is 0 Å². The largest absolute Gasteiger partial charge is 0.374 e. The molecule has 0 aromatic heterocycles. The molecule has 0 spiro atoms. The minimum absolute atomic E-state index is 0.109. The number of alkyl halides is 1. The van der Waals surface area contributed by atoms with Crippen LogP contribution in [-0.4, -0.2) is 36.6 Å². The Morgan fingerprint density at radius 3 is 1.35 bits per heavy atom. The highest BCUT2D eigenvalue weighted by molar-refractivity contribution is 6.20. The maximum atomic E-state index is 8.86. The predicted molar refractivity (Wildman–Crippen MR) is 156 cm³/mol. The summed E-state index contributed by atoms with van der Waals surface area (Å²) in [7, 11) is 0. The molecule has 1 heterocycles. The van der Waals surface area contributed by atoms with Crippen LogP contribution in [0.2, 0.25) is 0 Å². The van der Waals surface area contributed by atoms with Gasteiger partial charge in [-0.3, -0.25) is 0 Å². The van der Waals surface area contributed by atoms with E-state index >= 15 is 0 Å². The quantitative estimate of drug-likeness (QED) is 0.165. The van der Waals surface area contributed by atoms with Crippen molar-refractivity contribution in [3.05, 3.63) is 144 Å². The van der Waals surface area contributed by atoms with Gasteiger partial charge in [0.25, 0.3) is 0 Å². The van der Waals surface area contributed by atoms with Crippen LogP contribution in [0.5, 0.6) is 0 Å². The maximum absolute atomic E-state index is 8.86. The number of hydrogen-bond acceptors (Lipinski definition) is 5. The average Bonchev–Trinajstić information content (AvgIpc) is 3.07. The van der Waals surface area contributed by atoms with Crippen molar-refractivity contribution in [2.75, 3.05) is 6.61 Å². The molecule has 5 rings (SSSR count). The summed E-state index contributed by atoms with van der Waals surface area (Å²) in [6, 6.07) is 36.2. The molecule has 1 aliphatic heterocycles. The summed E-state index contributed by atoms with van der Waals surface area (Å²) in [5.41, 5.74) is 1.35. The highest BCUT2D eigenvalue weighted by Gasteiger charge is 2.47. The van der Waals surface area contributed by atoms with Gasteiger partial charge in [0.05, 0.1) is 38.4 Å². The van der Waals surface area contributed by atoms with Crippen molar-refractivity contribution < 1.29 is 29.2 Å². The fourth-order valence-electron chi connectivity index (χ4n) is 4.30. The van der Waals surface area contributed by atoms with Gasteiger partial charge in [0.2, 0.25) is 0 Å². The van der Waals surface area contributed by atoms with Gasteiger partial charge in [-0.25, -0.2) is 0 Å². The number of ether oxygens (including phenoxy) is 5. The molecule has 0 N–H and O–H groups in total. The highest BCUT2D eigenvalue weighted by Crippen LogP contribution is 2.32. The zero-order valence-electron chi connectivity index (χ0n) is 25.9. The first-order valence-electron chi connectivity index (χ1n) is 15.5. The fourth-order valence-corrected chi connectivity index (χ4v) is 4.63. The van der Waals surface area contributed by atoms with Crippen molar-refractivity contribution in [3.63, 3.8) is 0 Å².